The Morgan fingerprint density at radius 2 is 2.00 bits per heavy atom. The van der Waals surface area contributed by atoms with E-state index >= 15 is 0 Å². The largest absolute Gasteiger partial charge is 0.496 e. The molecule has 0 N–H and O–H groups in total. The Morgan fingerprint density at radius 3 is 2.57 bits per heavy atom. The van der Waals surface area contributed by atoms with Crippen LogP contribution in [0.2, 0.25) is 0 Å². The Balaban J connectivity index is 2.34. The molecule has 1 heterocycles. The summed E-state index contributed by atoms with van der Waals surface area (Å²) >= 11 is 0. The summed E-state index contributed by atoms with van der Waals surface area (Å²) in [6.07, 6.45) is 4.83. The zero-order chi connectivity index (χ0) is 16.8. The lowest BCUT2D eigenvalue weighted by molar-refractivity contribution is -0.127. The van der Waals surface area contributed by atoms with Crippen LogP contribution >= 0.6 is 0 Å². The van der Waals surface area contributed by atoms with Crippen LogP contribution in [0.15, 0.2) is 23.8 Å². The number of piperidine rings is 1. The van der Waals surface area contributed by atoms with Crippen LogP contribution < -0.4 is 4.74 Å². The van der Waals surface area contributed by atoms with Gasteiger partial charge in [-0.05, 0) is 49.0 Å². The molecule has 1 aromatic carbocycles. The lowest BCUT2D eigenvalue weighted by Crippen LogP contribution is -2.36. The summed E-state index contributed by atoms with van der Waals surface area (Å²) in [7, 11) is 1.60. The highest BCUT2D eigenvalue weighted by atomic mass is 16.5. The minimum atomic E-state index is -0.177. The zero-order valence-electron chi connectivity index (χ0n) is 14.1. The van der Waals surface area contributed by atoms with Gasteiger partial charge in [-0.25, -0.2) is 0 Å². The molecule has 23 heavy (non-hydrogen) atoms. The van der Waals surface area contributed by atoms with Gasteiger partial charge in [0.25, 0.3) is 5.91 Å². The van der Waals surface area contributed by atoms with Crippen LogP contribution in [0, 0.1) is 11.3 Å². The molecule has 1 aliphatic heterocycles. The van der Waals surface area contributed by atoms with Gasteiger partial charge in [-0.1, -0.05) is 19.9 Å². The third-order valence-electron chi connectivity index (χ3n) is 4.21. The minimum absolute atomic E-state index is 0.172. The van der Waals surface area contributed by atoms with E-state index in [2.05, 4.69) is 19.9 Å². The average molecular weight is 312 g/mol. The fourth-order valence-electron chi connectivity index (χ4n) is 2.79. The number of hydrogen-bond donors (Lipinski definition) is 0. The summed E-state index contributed by atoms with van der Waals surface area (Å²) in [6.45, 7) is 5.70. The molecule has 0 aliphatic carbocycles. The molecule has 0 saturated carbocycles. The number of nitriles is 1. The first-order valence-electron chi connectivity index (χ1n) is 8.15. The Bertz CT molecular complexity index is 635. The van der Waals surface area contributed by atoms with E-state index in [1.807, 2.05) is 18.2 Å². The number of amides is 1. The van der Waals surface area contributed by atoms with Crippen molar-refractivity contribution in [1.29, 1.82) is 5.26 Å². The fourth-order valence-corrected chi connectivity index (χ4v) is 2.79. The number of likely N-dealkylation sites (tertiary alicyclic amines) is 1. The van der Waals surface area contributed by atoms with Crippen molar-refractivity contribution in [1.82, 2.24) is 4.90 Å². The highest BCUT2D eigenvalue weighted by molar-refractivity contribution is 6.02. The molecular weight excluding hydrogens is 288 g/mol. The summed E-state index contributed by atoms with van der Waals surface area (Å²) < 4.78 is 5.37. The lowest BCUT2D eigenvalue weighted by Gasteiger charge is -2.26. The SMILES string of the molecule is COc1ccc(C(C)C)cc1/C=C(\C#N)C(=O)N1CCCCC1. The normalized spacial score (nSPS) is 15.4. The Hall–Kier alpha value is -2.28. The average Bonchev–Trinajstić information content (AvgIpc) is 2.59. The van der Waals surface area contributed by atoms with Crippen LogP contribution in [0.5, 0.6) is 5.75 Å². The van der Waals surface area contributed by atoms with Gasteiger partial charge >= 0.3 is 0 Å². The van der Waals surface area contributed by atoms with E-state index in [9.17, 15) is 10.1 Å². The van der Waals surface area contributed by atoms with Gasteiger partial charge in [0.2, 0.25) is 0 Å². The first-order chi connectivity index (χ1) is 11.1. The molecule has 122 valence electrons. The van der Waals surface area contributed by atoms with Crippen molar-refractivity contribution in [3.8, 4) is 11.8 Å². The second-order valence-corrected chi connectivity index (χ2v) is 6.18. The second-order valence-electron chi connectivity index (χ2n) is 6.18. The molecule has 4 heteroatoms. The molecule has 4 nitrogen and oxygen atoms in total. The van der Waals surface area contributed by atoms with Crippen molar-refractivity contribution in [2.24, 2.45) is 0 Å². The Labute approximate surface area is 138 Å². The molecular formula is C19H24N2O2. The topological polar surface area (TPSA) is 53.3 Å². The van der Waals surface area contributed by atoms with E-state index in [1.54, 1.807) is 18.1 Å². The van der Waals surface area contributed by atoms with Crippen LogP contribution in [0.4, 0.5) is 0 Å². The number of benzene rings is 1. The third kappa shape index (κ3) is 4.13. The predicted octanol–water partition coefficient (Wildman–Crippen LogP) is 3.74. The van der Waals surface area contributed by atoms with E-state index in [0.29, 0.717) is 11.7 Å². The first-order valence-corrected chi connectivity index (χ1v) is 8.15. The van der Waals surface area contributed by atoms with Crippen LogP contribution in [0.3, 0.4) is 0 Å². The molecule has 2 rings (SSSR count). The third-order valence-corrected chi connectivity index (χ3v) is 4.21. The van der Waals surface area contributed by atoms with E-state index in [0.717, 1.165) is 43.5 Å². The van der Waals surface area contributed by atoms with E-state index in [4.69, 9.17) is 4.74 Å². The zero-order valence-corrected chi connectivity index (χ0v) is 14.1. The smallest absolute Gasteiger partial charge is 0.264 e. The maximum atomic E-state index is 12.5. The fraction of sp³-hybridized carbons (Fsp3) is 0.474. The molecule has 1 aromatic rings. The molecule has 0 radical (unpaired) electrons. The molecule has 1 amide bonds. The molecule has 1 aliphatic rings. The second kappa shape index (κ2) is 7.82. The standard InChI is InChI=1S/C19H24N2O2/c1-14(2)15-7-8-18(23-3)16(11-15)12-17(13-20)19(22)21-9-5-4-6-10-21/h7-8,11-12,14H,4-6,9-10H2,1-3H3/b17-12+. The van der Waals surface area contributed by atoms with Gasteiger partial charge in [-0.2, -0.15) is 5.26 Å². The monoisotopic (exact) mass is 312 g/mol. The van der Waals surface area contributed by atoms with Crippen molar-refractivity contribution in [3.05, 3.63) is 34.9 Å². The molecule has 0 bridgehead atoms. The van der Waals surface area contributed by atoms with E-state index < -0.39 is 0 Å². The van der Waals surface area contributed by atoms with Gasteiger partial charge in [-0.3, -0.25) is 4.79 Å². The molecule has 1 fully saturated rings. The van der Waals surface area contributed by atoms with Gasteiger partial charge in [0.1, 0.15) is 17.4 Å². The van der Waals surface area contributed by atoms with Crippen molar-refractivity contribution in [2.45, 2.75) is 39.0 Å². The molecule has 0 aromatic heterocycles. The Kier molecular flexibility index (Phi) is 5.81. The maximum Gasteiger partial charge on any atom is 0.264 e. The summed E-state index contributed by atoms with van der Waals surface area (Å²) in [5.74, 6) is 0.870. The molecule has 0 spiro atoms. The number of carbonyl (C=O) groups excluding carboxylic acids is 1. The number of carbonyl (C=O) groups is 1. The van der Waals surface area contributed by atoms with Crippen molar-refractivity contribution in [2.75, 3.05) is 20.2 Å². The van der Waals surface area contributed by atoms with Crippen LogP contribution in [0.25, 0.3) is 6.08 Å². The molecule has 0 atom stereocenters. The molecule has 1 saturated heterocycles. The highest BCUT2D eigenvalue weighted by Crippen LogP contribution is 2.26. The lowest BCUT2D eigenvalue weighted by atomic mass is 9.99. The van der Waals surface area contributed by atoms with Gasteiger partial charge in [0, 0.05) is 18.7 Å². The Morgan fingerprint density at radius 1 is 1.30 bits per heavy atom. The van der Waals surface area contributed by atoms with Gasteiger partial charge in [0.15, 0.2) is 0 Å². The summed E-state index contributed by atoms with van der Waals surface area (Å²) in [5, 5.41) is 9.42. The number of methoxy groups -OCH3 is 1. The number of nitrogens with zero attached hydrogens (tertiary/aromatic N) is 2. The summed E-state index contributed by atoms with van der Waals surface area (Å²) in [4.78, 5) is 14.3. The van der Waals surface area contributed by atoms with Gasteiger partial charge < -0.3 is 9.64 Å². The van der Waals surface area contributed by atoms with Gasteiger partial charge in [-0.15, -0.1) is 0 Å². The first kappa shape index (κ1) is 17.1. The minimum Gasteiger partial charge on any atom is -0.496 e. The van der Waals surface area contributed by atoms with E-state index in [-0.39, 0.29) is 11.5 Å². The van der Waals surface area contributed by atoms with Crippen LogP contribution in [-0.2, 0) is 4.79 Å². The number of ether oxygens (including phenoxy) is 1. The summed E-state index contributed by atoms with van der Waals surface area (Å²) in [5.41, 5.74) is 2.10. The van der Waals surface area contributed by atoms with Crippen molar-refractivity contribution < 1.29 is 9.53 Å². The van der Waals surface area contributed by atoms with Crippen LogP contribution in [-0.4, -0.2) is 31.0 Å². The summed E-state index contributed by atoms with van der Waals surface area (Å²) in [6, 6.07) is 7.96. The number of rotatable bonds is 4. The van der Waals surface area contributed by atoms with E-state index in [1.165, 1.54) is 0 Å². The predicted molar refractivity (Wildman–Crippen MR) is 91.1 cm³/mol. The number of hydrogen-bond acceptors (Lipinski definition) is 3. The molecule has 0 unspecified atom stereocenters. The highest BCUT2D eigenvalue weighted by Gasteiger charge is 2.20. The van der Waals surface area contributed by atoms with Crippen molar-refractivity contribution >= 4 is 12.0 Å². The quantitative estimate of drug-likeness (QED) is 0.628. The van der Waals surface area contributed by atoms with Crippen LogP contribution in [0.1, 0.15) is 50.2 Å². The van der Waals surface area contributed by atoms with Crippen molar-refractivity contribution in [3.63, 3.8) is 0 Å². The van der Waals surface area contributed by atoms with Gasteiger partial charge in [0.05, 0.1) is 7.11 Å². The maximum absolute atomic E-state index is 12.5.